The largest absolute Gasteiger partial charge is 0.508 e. The summed E-state index contributed by atoms with van der Waals surface area (Å²) in [6, 6.07) is 2.10. The number of amides is 1. The number of phenols is 1. The van der Waals surface area contributed by atoms with Crippen molar-refractivity contribution >= 4 is 28.9 Å². The molecule has 12 heteroatoms. The fourth-order valence-electron chi connectivity index (χ4n) is 7.11. The molecule has 40 heavy (non-hydrogen) atoms. The number of Topliss-reactive ketones (excluding diaryl/α,β-unsaturated/α-hetero) is 2. The number of nitrogens with two attached hydrogens (primary N) is 1. The number of carbonyl (C=O) groups excluding carboxylic acids is 3. The second kappa shape index (κ2) is 9.58. The average Bonchev–Trinajstić information content (AvgIpc) is 2.88. The Morgan fingerprint density at radius 1 is 1.15 bits per heavy atom. The molecule has 0 bridgehead atoms. The van der Waals surface area contributed by atoms with Crippen LogP contribution in [0.3, 0.4) is 0 Å². The molecule has 1 saturated carbocycles. The van der Waals surface area contributed by atoms with E-state index in [0.717, 1.165) is 25.9 Å². The van der Waals surface area contributed by atoms with Gasteiger partial charge in [-0.05, 0) is 64.6 Å². The van der Waals surface area contributed by atoms with Crippen LogP contribution in [0, 0.1) is 11.8 Å². The van der Waals surface area contributed by atoms with Gasteiger partial charge in [0.15, 0.2) is 11.4 Å². The molecule has 216 valence electrons. The molecule has 0 unspecified atom stereocenters. The molecule has 8 N–H and O–H groups in total. The fourth-order valence-corrected chi connectivity index (χ4v) is 7.11. The summed E-state index contributed by atoms with van der Waals surface area (Å²) >= 11 is 0. The van der Waals surface area contributed by atoms with Crippen molar-refractivity contribution < 1.29 is 39.9 Å². The number of benzene rings is 1. The van der Waals surface area contributed by atoms with Gasteiger partial charge in [-0.25, -0.2) is 0 Å². The van der Waals surface area contributed by atoms with Gasteiger partial charge in [-0.15, -0.1) is 0 Å². The zero-order chi connectivity index (χ0) is 29.4. The van der Waals surface area contributed by atoms with Gasteiger partial charge in [0.25, 0.3) is 5.91 Å². The number of hydrogen-bond donors (Lipinski definition) is 7. The number of ketones is 2. The number of aliphatic hydroxyl groups excluding tert-OH is 3. The maximum absolute atomic E-state index is 14.1. The highest BCUT2D eigenvalue weighted by Crippen LogP contribution is 2.56. The summed E-state index contributed by atoms with van der Waals surface area (Å²) in [7, 11) is 4.98. The van der Waals surface area contributed by atoms with Crippen LogP contribution in [0.15, 0.2) is 29.0 Å². The van der Waals surface area contributed by atoms with E-state index in [1.165, 1.54) is 19.0 Å². The lowest BCUT2D eigenvalue weighted by Gasteiger charge is -2.53. The molecule has 0 aromatic heterocycles. The van der Waals surface area contributed by atoms with Crippen molar-refractivity contribution in [3.63, 3.8) is 0 Å². The summed E-state index contributed by atoms with van der Waals surface area (Å²) in [6.07, 6.45) is 0.0733. The van der Waals surface area contributed by atoms with Gasteiger partial charge in [-0.3, -0.25) is 19.3 Å². The lowest BCUT2D eigenvalue weighted by atomic mass is 9.54. The number of likely N-dealkylation sites (tertiary alicyclic amines) is 1. The van der Waals surface area contributed by atoms with Crippen LogP contribution in [0.25, 0.3) is 5.76 Å². The first-order chi connectivity index (χ1) is 18.7. The molecule has 1 heterocycles. The van der Waals surface area contributed by atoms with Crippen molar-refractivity contribution in [2.75, 3.05) is 39.5 Å². The Morgan fingerprint density at radius 2 is 1.77 bits per heavy atom. The Balaban J connectivity index is 1.67. The molecule has 4 aliphatic rings. The molecule has 1 aromatic rings. The highest BCUT2D eigenvalue weighted by Gasteiger charge is 2.68. The van der Waals surface area contributed by atoms with Gasteiger partial charge >= 0.3 is 0 Å². The molecular formula is C28H36N4O8. The van der Waals surface area contributed by atoms with Gasteiger partial charge in [-0.1, -0.05) is 13.0 Å². The predicted octanol–water partition coefficient (Wildman–Crippen LogP) is 0.00190. The van der Waals surface area contributed by atoms with E-state index in [0.29, 0.717) is 11.3 Å². The number of nitrogens with one attached hydrogen (secondary N) is 1. The van der Waals surface area contributed by atoms with Crippen molar-refractivity contribution in [2.45, 2.75) is 49.5 Å². The van der Waals surface area contributed by atoms with E-state index in [1.807, 2.05) is 7.05 Å². The minimum atomic E-state index is -2.93. The number of likely N-dealkylation sites (N-methyl/N-ethyl adjacent to an activating group) is 1. The van der Waals surface area contributed by atoms with Crippen LogP contribution < -0.4 is 11.1 Å². The highest BCUT2D eigenvalue weighted by atomic mass is 16.4. The lowest BCUT2D eigenvalue weighted by Crippen LogP contribution is -2.70. The summed E-state index contributed by atoms with van der Waals surface area (Å²) in [6.45, 7) is 3.47. The number of piperidine rings is 1. The molecule has 2 fully saturated rings. The molecule has 0 spiro atoms. The minimum Gasteiger partial charge on any atom is -0.508 e. The topological polar surface area (TPSA) is 197 Å². The van der Waals surface area contributed by atoms with Crippen molar-refractivity contribution in [2.24, 2.45) is 17.6 Å². The number of aliphatic hydroxyl groups is 4. The SMILES string of the molecule is C[C@H]1c2ccc(NC3CCN(C)CC3)c(O)c2C(O)=C2C(=O)[C@]3(O)C(O)=C(C(N)=O)C(=O)[C@@H](N(C)C)[C@@H]3[C@@H](O)[C@@H]21. The van der Waals surface area contributed by atoms with Crippen LogP contribution in [0.4, 0.5) is 5.69 Å². The smallest absolute Gasteiger partial charge is 0.255 e. The third-order valence-electron chi connectivity index (χ3n) is 9.21. The highest BCUT2D eigenvalue weighted by molar-refractivity contribution is 6.24. The van der Waals surface area contributed by atoms with E-state index in [-0.39, 0.29) is 17.4 Å². The average molecular weight is 557 g/mol. The summed E-state index contributed by atoms with van der Waals surface area (Å²) in [5.74, 6) is -8.94. The van der Waals surface area contributed by atoms with Crippen LogP contribution in [-0.4, -0.2) is 111 Å². The third-order valence-corrected chi connectivity index (χ3v) is 9.21. The number of anilines is 1. The molecular weight excluding hydrogens is 520 g/mol. The molecule has 3 aliphatic carbocycles. The van der Waals surface area contributed by atoms with E-state index in [4.69, 9.17) is 5.73 Å². The Hall–Kier alpha value is -3.45. The molecule has 1 amide bonds. The molecule has 1 saturated heterocycles. The Bertz CT molecular complexity index is 1360. The number of nitrogens with zero attached hydrogens (tertiary/aromatic N) is 2. The fraction of sp³-hybridized carbons (Fsp3) is 0.536. The molecule has 0 radical (unpaired) electrons. The third kappa shape index (κ3) is 3.77. The van der Waals surface area contributed by atoms with Gasteiger partial charge in [0.1, 0.15) is 22.8 Å². The quantitative estimate of drug-likeness (QED) is 0.195. The monoisotopic (exact) mass is 556 g/mol. The second-order valence-corrected chi connectivity index (χ2v) is 11.7. The van der Waals surface area contributed by atoms with E-state index >= 15 is 0 Å². The van der Waals surface area contributed by atoms with Crippen LogP contribution >= 0.6 is 0 Å². The number of rotatable bonds is 4. The van der Waals surface area contributed by atoms with Crippen LogP contribution in [0.1, 0.15) is 36.8 Å². The van der Waals surface area contributed by atoms with Crippen LogP contribution in [-0.2, 0) is 14.4 Å². The van der Waals surface area contributed by atoms with E-state index in [1.54, 1.807) is 19.1 Å². The zero-order valence-corrected chi connectivity index (χ0v) is 22.9. The molecule has 1 aliphatic heterocycles. The number of hydrogen-bond acceptors (Lipinski definition) is 11. The van der Waals surface area contributed by atoms with Gasteiger partial charge in [0.05, 0.1) is 29.3 Å². The second-order valence-electron chi connectivity index (χ2n) is 11.7. The summed E-state index contributed by atoms with van der Waals surface area (Å²) in [5.41, 5.74) is 1.90. The summed E-state index contributed by atoms with van der Waals surface area (Å²) in [5, 5.41) is 60.5. The number of fused-ring (bicyclic) bond motifs is 3. The van der Waals surface area contributed by atoms with Crippen molar-refractivity contribution in [1.82, 2.24) is 9.80 Å². The Kier molecular flexibility index (Phi) is 6.73. The zero-order valence-electron chi connectivity index (χ0n) is 22.9. The molecule has 1 aromatic carbocycles. The standard InChI is InChI=1S/C28H36N4O8/c1-11-13-5-6-14(30-12-7-9-32(4)10-8-12)21(33)16(13)22(34)17-15(11)23(35)19-20(31(2)3)24(36)18(27(29)39)26(38)28(19,40)25(17)37/h5-6,11-12,15,19-20,23,30,33-35,38,40H,7-10H2,1-4H3,(H2,29,39)/t11-,15+,19+,20-,23-,28-/m0/s1. The first-order valence-electron chi connectivity index (χ1n) is 13.4. The first kappa shape index (κ1) is 28.1. The van der Waals surface area contributed by atoms with Crippen molar-refractivity contribution in [3.05, 3.63) is 40.2 Å². The molecule has 12 nitrogen and oxygen atoms in total. The molecule has 5 rings (SSSR count). The van der Waals surface area contributed by atoms with Gasteiger partial charge in [0, 0.05) is 17.5 Å². The minimum absolute atomic E-state index is 0.0195. The number of primary amides is 1. The van der Waals surface area contributed by atoms with E-state index < -0.39 is 75.6 Å². The number of carbonyl (C=O) groups is 3. The summed E-state index contributed by atoms with van der Waals surface area (Å²) < 4.78 is 0. The van der Waals surface area contributed by atoms with Crippen molar-refractivity contribution in [3.8, 4) is 5.75 Å². The maximum atomic E-state index is 14.1. The maximum Gasteiger partial charge on any atom is 0.255 e. The van der Waals surface area contributed by atoms with Gasteiger partial charge < -0.3 is 41.5 Å². The van der Waals surface area contributed by atoms with Crippen LogP contribution in [0.5, 0.6) is 5.75 Å². The lowest BCUT2D eigenvalue weighted by molar-refractivity contribution is -0.169. The van der Waals surface area contributed by atoms with Crippen molar-refractivity contribution in [1.29, 1.82) is 0 Å². The Labute approximate surface area is 231 Å². The van der Waals surface area contributed by atoms with E-state index in [9.17, 15) is 39.9 Å². The summed E-state index contributed by atoms with van der Waals surface area (Å²) in [4.78, 5) is 43.0. The number of aromatic hydroxyl groups is 1. The first-order valence-corrected chi connectivity index (χ1v) is 13.4. The normalized spacial score (nSPS) is 33.1. The number of phenolic OH excluding ortho intramolecular Hbond substituents is 1. The van der Waals surface area contributed by atoms with E-state index in [2.05, 4.69) is 10.2 Å². The Morgan fingerprint density at radius 3 is 2.35 bits per heavy atom. The van der Waals surface area contributed by atoms with Gasteiger partial charge in [-0.2, -0.15) is 0 Å². The molecule has 6 atom stereocenters. The van der Waals surface area contributed by atoms with Crippen LogP contribution in [0.2, 0.25) is 0 Å². The predicted molar refractivity (Wildman–Crippen MR) is 144 cm³/mol. The van der Waals surface area contributed by atoms with Gasteiger partial charge in [0.2, 0.25) is 5.78 Å².